The number of rotatable bonds is 3. The topological polar surface area (TPSA) is 47.0 Å². The van der Waals surface area contributed by atoms with Crippen LogP contribution in [-0.2, 0) is 6.54 Å². The maximum Gasteiger partial charge on any atom is 0.136 e. The second-order valence-electron chi connectivity index (χ2n) is 5.12. The Balaban J connectivity index is 2.01. The lowest BCUT2D eigenvalue weighted by Crippen LogP contribution is -2.19. The van der Waals surface area contributed by atoms with Gasteiger partial charge in [-0.3, -0.25) is 0 Å². The molecule has 0 fully saturated rings. The number of nitrogens with zero attached hydrogens (tertiary/aromatic N) is 2. The lowest BCUT2D eigenvalue weighted by Gasteiger charge is -2.25. The van der Waals surface area contributed by atoms with Gasteiger partial charge in [-0.2, -0.15) is 0 Å². The van der Waals surface area contributed by atoms with Crippen molar-refractivity contribution in [1.82, 2.24) is 15.3 Å². The largest absolute Gasteiger partial charge is 0.493 e. The molecular formula is C16H19N3O. The fourth-order valence-corrected chi connectivity index (χ4v) is 2.70. The maximum atomic E-state index is 5.72. The Morgan fingerprint density at radius 1 is 1.30 bits per heavy atom. The highest BCUT2D eigenvalue weighted by atomic mass is 16.5. The molecule has 2 aromatic rings. The summed E-state index contributed by atoms with van der Waals surface area (Å²) in [4.78, 5) is 9.36. The third-order valence-corrected chi connectivity index (χ3v) is 3.55. The Labute approximate surface area is 119 Å². The van der Waals surface area contributed by atoms with E-state index in [0.717, 1.165) is 42.5 Å². The van der Waals surface area contributed by atoms with Crippen LogP contribution in [0.2, 0.25) is 0 Å². The average molecular weight is 269 g/mol. The number of aromatic nitrogens is 2. The van der Waals surface area contributed by atoms with Gasteiger partial charge in [-0.15, -0.1) is 0 Å². The van der Waals surface area contributed by atoms with E-state index in [0.29, 0.717) is 0 Å². The molecule has 4 nitrogen and oxygen atoms in total. The van der Waals surface area contributed by atoms with Crippen molar-refractivity contribution in [2.75, 3.05) is 13.7 Å². The zero-order chi connectivity index (χ0) is 13.9. The van der Waals surface area contributed by atoms with Gasteiger partial charge in [-0.25, -0.2) is 9.97 Å². The SMILES string of the molecule is CNCc1cc(C)nc(C2CCOc3ccccc32)n1. The van der Waals surface area contributed by atoms with Gasteiger partial charge >= 0.3 is 0 Å². The summed E-state index contributed by atoms with van der Waals surface area (Å²) in [5.74, 6) is 2.10. The Morgan fingerprint density at radius 3 is 3.00 bits per heavy atom. The number of aryl methyl sites for hydroxylation is 1. The second kappa shape index (κ2) is 5.59. The van der Waals surface area contributed by atoms with E-state index in [9.17, 15) is 0 Å². The minimum atomic E-state index is 0.232. The molecule has 1 aliphatic rings. The summed E-state index contributed by atoms with van der Waals surface area (Å²) in [7, 11) is 1.93. The van der Waals surface area contributed by atoms with Crippen molar-refractivity contribution < 1.29 is 4.74 Å². The molecule has 3 rings (SSSR count). The lowest BCUT2D eigenvalue weighted by molar-refractivity contribution is 0.274. The van der Waals surface area contributed by atoms with Crippen LogP contribution in [-0.4, -0.2) is 23.6 Å². The monoisotopic (exact) mass is 269 g/mol. The smallest absolute Gasteiger partial charge is 0.136 e. The van der Waals surface area contributed by atoms with Gasteiger partial charge in [0.05, 0.1) is 18.2 Å². The normalized spacial score (nSPS) is 17.4. The van der Waals surface area contributed by atoms with Crippen LogP contribution >= 0.6 is 0 Å². The fourth-order valence-electron chi connectivity index (χ4n) is 2.70. The van der Waals surface area contributed by atoms with Gasteiger partial charge in [-0.05, 0) is 32.5 Å². The summed E-state index contributed by atoms with van der Waals surface area (Å²) in [5.41, 5.74) is 3.25. The Kier molecular flexibility index (Phi) is 3.65. The third-order valence-electron chi connectivity index (χ3n) is 3.55. The second-order valence-corrected chi connectivity index (χ2v) is 5.12. The first kappa shape index (κ1) is 13.1. The molecule has 0 radical (unpaired) electrons. The zero-order valence-electron chi connectivity index (χ0n) is 11.9. The first-order chi connectivity index (χ1) is 9.78. The number of benzene rings is 1. The van der Waals surface area contributed by atoms with E-state index in [2.05, 4.69) is 16.4 Å². The Hall–Kier alpha value is -1.94. The minimum Gasteiger partial charge on any atom is -0.493 e. The van der Waals surface area contributed by atoms with Crippen LogP contribution in [0.3, 0.4) is 0 Å². The van der Waals surface area contributed by atoms with Crippen LogP contribution in [0.25, 0.3) is 0 Å². The van der Waals surface area contributed by atoms with Gasteiger partial charge in [0.2, 0.25) is 0 Å². The molecule has 1 aliphatic heterocycles. The predicted octanol–water partition coefficient (Wildman–Crippen LogP) is 2.42. The standard InChI is InChI=1S/C16H19N3O/c1-11-9-12(10-17-2)19-16(18-11)14-7-8-20-15-6-4-3-5-13(14)15/h3-6,9,14,17H,7-8,10H2,1-2H3. The van der Waals surface area contributed by atoms with Crippen molar-refractivity contribution in [2.24, 2.45) is 0 Å². The zero-order valence-corrected chi connectivity index (χ0v) is 11.9. The molecule has 1 aromatic carbocycles. The summed E-state index contributed by atoms with van der Waals surface area (Å²) in [5, 5.41) is 3.15. The van der Waals surface area contributed by atoms with Gasteiger partial charge in [0, 0.05) is 17.8 Å². The van der Waals surface area contributed by atoms with Crippen molar-refractivity contribution >= 4 is 0 Å². The van der Waals surface area contributed by atoms with Crippen LogP contribution in [0.4, 0.5) is 0 Å². The predicted molar refractivity (Wildman–Crippen MR) is 77.9 cm³/mol. The highest BCUT2D eigenvalue weighted by Gasteiger charge is 2.25. The molecule has 20 heavy (non-hydrogen) atoms. The van der Waals surface area contributed by atoms with Gasteiger partial charge < -0.3 is 10.1 Å². The summed E-state index contributed by atoms with van der Waals surface area (Å²) >= 11 is 0. The van der Waals surface area contributed by atoms with E-state index in [1.807, 2.05) is 38.2 Å². The molecule has 0 spiro atoms. The van der Waals surface area contributed by atoms with Crippen molar-refractivity contribution in [3.63, 3.8) is 0 Å². The highest BCUT2D eigenvalue weighted by Crippen LogP contribution is 2.36. The molecule has 0 aliphatic carbocycles. The lowest BCUT2D eigenvalue weighted by atomic mass is 9.92. The van der Waals surface area contributed by atoms with Crippen LogP contribution in [0.1, 0.15) is 35.1 Å². The molecule has 0 bridgehead atoms. The molecule has 1 unspecified atom stereocenters. The van der Waals surface area contributed by atoms with Crippen LogP contribution in [0, 0.1) is 6.92 Å². The number of hydrogen-bond acceptors (Lipinski definition) is 4. The molecule has 104 valence electrons. The van der Waals surface area contributed by atoms with E-state index >= 15 is 0 Å². The Morgan fingerprint density at radius 2 is 2.15 bits per heavy atom. The molecule has 4 heteroatoms. The van der Waals surface area contributed by atoms with E-state index in [1.165, 1.54) is 5.56 Å². The number of hydrogen-bond donors (Lipinski definition) is 1. The summed E-state index contributed by atoms with van der Waals surface area (Å²) in [6.45, 7) is 3.51. The van der Waals surface area contributed by atoms with E-state index < -0.39 is 0 Å². The van der Waals surface area contributed by atoms with Gasteiger partial charge in [0.1, 0.15) is 11.6 Å². The number of ether oxygens (including phenoxy) is 1. The molecule has 2 heterocycles. The summed E-state index contributed by atoms with van der Waals surface area (Å²) in [6, 6.07) is 10.2. The first-order valence-electron chi connectivity index (χ1n) is 6.98. The van der Waals surface area contributed by atoms with E-state index in [1.54, 1.807) is 0 Å². The molecule has 0 saturated carbocycles. The number of para-hydroxylation sites is 1. The van der Waals surface area contributed by atoms with Crippen molar-refractivity contribution in [2.45, 2.75) is 25.8 Å². The minimum absolute atomic E-state index is 0.232. The fraction of sp³-hybridized carbons (Fsp3) is 0.375. The average Bonchev–Trinajstić information content (AvgIpc) is 2.46. The van der Waals surface area contributed by atoms with Crippen LogP contribution < -0.4 is 10.1 Å². The molecule has 0 saturated heterocycles. The summed E-state index contributed by atoms with van der Waals surface area (Å²) in [6.07, 6.45) is 0.930. The van der Waals surface area contributed by atoms with Crippen molar-refractivity contribution in [3.8, 4) is 5.75 Å². The van der Waals surface area contributed by atoms with Crippen molar-refractivity contribution in [1.29, 1.82) is 0 Å². The van der Waals surface area contributed by atoms with Crippen molar-refractivity contribution in [3.05, 3.63) is 53.1 Å². The molecule has 1 atom stereocenters. The number of fused-ring (bicyclic) bond motifs is 1. The third kappa shape index (κ3) is 2.51. The van der Waals surface area contributed by atoms with E-state index in [4.69, 9.17) is 9.72 Å². The summed E-state index contributed by atoms with van der Waals surface area (Å²) < 4.78 is 5.72. The maximum absolute atomic E-state index is 5.72. The molecule has 1 N–H and O–H groups in total. The number of nitrogens with one attached hydrogen (secondary N) is 1. The molecular weight excluding hydrogens is 250 g/mol. The highest BCUT2D eigenvalue weighted by molar-refractivity contribution is 5.41. The van der Waals surface area contributed by atoms with E-state index in [-0.39, 0.29) is 5.92 Å². The van der Waals surface area contributed by atoms with Gasteiger partial charge in [0.25, 0.3) is 0 Å². The quantitative estimate of drug-likeness (QED) is 0.929. The molecule has 1 aromatic heterocycles. The van der Waals surface area contributed by atoms with Gasteiger partial charge in [-0.1, -0.05) is 18.2 Å². The van der Waals surface area contributed by atoms with Gasteiger partial charge in [0.15, 0.2) is 0 Å². The first-order valence-corrected chi connectivity index (χ1v) is 6.98. The molecule has 0 amide bonds. The van der Waals surface area contributed by atoms with Crippen LogP contribution in [0.15, 0.2) is 30.3 Å². The van der Waals surface area contributed by atoms with Crippen LogP contribution in [0.5, 0.6) is 5.75 Å². The Bertz CT molecular complexity index is 612.